The van der Waals surface area contributed by atoms with E-state index in [0.717, 1.165) is 0 Å². The topological polar surface area (TPSA) is 142 Å². The van der Waals surface area contributed by atoms with Gasteiger partial charge in [0.2, 0.25) is 0 Å². The lowest BCUT2D eigenvalue weighted by Gasteiger charge is -2.18. The van der Waals surface area contributed by atoms with Crippen LogP contribution < -0.4 is 5.73 Å². The number of nitrogen functional groups attached to an aromatic ring is 1. The lowest BCUT2D eigenvalue weighted by molar-refractivity contribution is 0.0149. The summed E-state index contributed by atoms with van der Waals surface area (Å²) in [6.45, 7) is 1.94. The number of esters is 1. The second-order valence-corrected chi connectivity index (χ2v) is 4.32. The Kier molecular flexibility index (Phi) is 6.48. The van der Waals surface area contributed by atoms with Crippen molar-refractivity contribution in [3.05, 3.63) is 39.8 Å². The van der Waals surface area contributed by atoms with Gasteiger partial charge in [0.1, 0.15) is 6.10 Å². The summed E-state index contributed by atoms with van der Waals surface area (Å²) in [6, 6.07) is 4.36. The summed E-state index contributed by atoms with van der Waals surface area (Å²) in [5, 5.41) is 23.1. The van der Waals surface area contributed by atoms with Crippen molar-refractivity contribution in [3.8, 4) is 0 Å². The van der Waals surface area contributed by atoms with E-state index in [1.165, 1.54) is 18.2 Å². The fraction of sp³-hybridized carbons (Fsp3) is 0.462. The van der Waals surface area contributed by atoms with Crippen molar-refractivity contribution in [1.82, 2.24) is 0 Å². The Morgan fingerprint density at radius 3 is 2.86 bits per heavy atom. The number of hydrogen-bond donors (Lipinski definition) is 3. The van der Waals surface area contributed by atoms with Crippen LogP contribution in [0.3, 0.4) is 0 Å². The van der Waals surface area contributed by atoms with E-state index in [1.807, 2.05) is 0 Å². The SMILES string of the molecule is CCOC(=O)c1cc(C(O)C(O)CCN=[N+]=[N-])ccc1N. The molecule has 0 bridgehead atoms. The summed E-state index contributed by atoms with van der Waals surface area (Å²) in [5.41, 5.74) is 14.6. The molecule has 0 amide bonds. The molecule has 1 aromatic carbocycles. The van der Waals surface area contributed by atoms with Gasteiger partial charge in [-0.3, -0.25) is 0 Å². The predicted octanol–water partition coefficient (Wildman–Crippen LogP) is 1.54. The van der Waals surface area contributed by atoms with Gasteiger partial charge in [-0.2, -0.15) is 0 Å². The van der Waals surface area contributed by atoms with Crippen LogP contribution in [0.25, 0.3) is 10.4 Å². The Hall–Kier alpha value is -2.28. The molecule has 8 nitrogen and oxygen atoms in total. The van der Waals surface area contributed by atoms with Gasteiger partial charge in [0.25, 0.3) is 0 Å². The van der Waals surface area contributed by atoms with Gasteiger partial charge in [0, 0.05) is 17.1 Å². The van der Waals surface area contributed by atoms with Crippen molar-refractivity contribution in [2.24, 2.45) is 5.11 Å². The zero-order chi connectivity index (χ0) is 15.8. The molecule has 8 heteroatoms. The molecule has 0 heterocycles. The van der Waals surface area contributed by atoms with Gasteiger partial charge >= 0.3 is 5.97 Å². The zero-order valence-electron chi connectivity index (χ0n) is 11.6. The molecule has 0 radical (unpaired) electrons. The fourth-order valence-corrected chi connectivity index (χ4v) is 1.76. The number of nitrogens with zero attached hydrogens (tertiary/aromatic N) is 3. The summed E-state index contributed by atoms with van der Waals surface area (Å²) in [5.74, 6) is -0.590. The molecule has 4 N–H and O–H groups in total. The standard InChI is InChI=1S/C13H18N4O4/c1-2-21-13(20)9-7-8(3-4-10(9)14)12(19)11(18)5-6-16-17-15/h3-4,7,11-12,18-19H,2,5-6,14H2,1H3. The van der Waals surface area contributed by atoms with Crippen molar-refractivity contribution < 1.29 is 19.7 Å². The number of benzene rings is 1. The summed E-state index contributed by atoms with van der Waals surface area (Å²) in [6.07, 6.45) is -2.23. The number of nitrogens with two attached hydrogens (primary N) is 1. The van der Waals surface area contributed by atoms with Crippen LogP contribution in [0.5, 0.6) is 0 Å². The highest BCUT2D eigenvalue weighted by atomic mass is 16.5. The van der Waals surface area contributed by atoms with Crippen LogP contribution in [0.1, 0.15) is 35.4 Å². The highest BCUT2D eigenvalue weighted by molar-refractivity contribution is 5.95. The van der Waals surface area contributed by atoms with Crippen molar-refractivity contribution >= 4 is 11.7 Å². The third-order valence-electron chi connectivity index (χ3n) is 2.87. The minimum absolute atomic E-state index is 0.0639. The largest absolute Gasteiger partial charge is 0.462 e. The molecule has 0 aromatic heterocycles. The molecule has 0 spiro atoms. The number of azide groups is 1. The van der Waals surface area contributed by atoms with Gasteiger partial charge in [-0.25, -0.2) is 4.79 Å². The average Bonchev–Trinajstić information content (AvgIpc) is 2.47. The molecule has 0 aliphatic rings. The van der Waals surface area contributed by atoms with Crippen LogP contribution in [-0.2, 0) is 4.74 Å². The highest BCUT2D eigenvalue weighted by Crippen LogP contribution is 2.23. The van der Waals surface area contributed by atoms with Crippen LogP contribution in [0.4, 0.5) is 5.69 Å². The highest BCUT2D eigenvalue weighted by Gasteiger charge is 2.20. The van der Waals surface area contributed by atoms with Crippen LogP contribution in [0.2, 0.25) is 0 Å². The van der Waals surface area contributed by atoms with E-state index in [-0.39, 0.29) is 30.8 Å². The molecule has 0 aliphatic carbocycles. The Morgan fingerprint density at radius 2 is 2.24 bits per heavy atom. The van der Waals surface area contributed by atoms with E-state index >= 15 is 0 Å². The van der Waals surface area contributed by atoms with E-state index in [0.29, 0.717) is 5.56 Å². The number of carbonyl (C=O) groups excluding carboxylic acids is 1. The van der Waals surface area contributed by atoms with E-state index in [1.54, 1.807) is 6.92 Å². The average molecular weight is 294 g/mol. The lowest BCUT2D eigenvalue weighted by Crippen LogP contribution is -2.20. The van der Waals surface area contributed by atoms with Crippen molar-refractivity contribution in [2.45, 2.75) is 25.6 Å². The third-order valence-corrected chi connectivity index (χ3v) is 2.87. The maximum atomic E-state index is 11.7. The fourth-order valence-electron chi connectivity index (χ4n) is 1.76. The van der Waals surface area contributed by atoms with Gasteiger partial charge in [-0.05, 0) is 36.6 Å². The van der Waals surface area contributed by atoms with Crippen LogP contribution in [0, 0.1) is 0 Å². The molecule has 1 aromatic rings. The van der Waals surface area contributed by atoms with Gasteiger partial charge in [0.15, 0.2) is 0 Å². The van der Waals surface area contributed by atoms with Crippen molar-refractivity contribution in [2.75, 3.05) is 18.9 Å². The van der Waals surface area contributed by atoms with Crippen molar-refractivity contribution in [1.29, 1.82) is 0 Å². The number of anilines is 1. The summed E-state index contributed by atoms with van der Waals surface area (Å²) in [4.78, 5) is 14.3. The molecule has 0 fully saturated rings. The Balaban J connectivity index is 2.89. The number of ether oxygens (including phenoxy) is 1. The van der Waals surface area contributed by atoms with E-state index < -0.39 is 18.2 Å². The predicted molar refractivity (Wildman–Crippen MR) is 76.4 cm³/mol. The van der Waals surface area contributed by atoms with Gasteiger partial charge < -0.3 is 20.7 Å². The first-order chi connectivity index (χ1) is 10.0. The normalized spacial score (nSPS) is 13.1. The first-order valence-electron chi connectivity index (χ1n) is 6.44. The Labute approximate surface area is 121 Å². The Bertz CT molecular complexity index is 543. The molecule has 1 rings (SSSR count). The maximum Gasteiger partial charge on any atom is 0.340 e. The number of aliphatic hydroxyl groups excluding tert-OH is 2. The zero-order valence-corrected chi connectivity index (χ0v) is 11.6. The molecule has 0 saturated heterocycles. The minimum atomic E-state index is -1.22. The summed E-state index contributed by atoms with van der Waals surface area (Å²) >= 11 is 0. The molecule has 2 atom stereocenters. The number of hydrogen-bond acceptors (Lipinski definition) is 6. The third kappa shape index (κ3) is 4.64. The van der Waals surface area contributed by atoms with Gasteiger partial charge in [-0.1, -0.05) is 11.2 Å². The molecule has 0 aliphatic heterocycles. The maximum absolute atomic E-state index is 11.7. The number of carbonyl (C=O) groups is 1. The first-order valence-corrected chi connectivity index (χ1v) is 6.44. The molecule has 0 saturated carbocycles. The minimum Gasteiger partial charge on any atom is -0.462 e. The lowest BCUT2D eigenvalue weighted by atomic mass is 9.99. The van der Waals surface area contributed by atoms with Crippen LogP contribution >= 0.6 is 0 Å². The van der Waals surface area contributed by atoms with Crippen LogP contribution in [-0.4, -0.2) is 35.4 Å². The molecular weight excluding hydrogens is 276 g/mol. The van der Waals surface area contributed by atoms with Gasteiger partial charge in [0.05, 0.1) is 18.3 Å². The molecular formula is C13H18N4O4. The number of aliphatic hydroxyl groups is 2. The van der Waals surface area contributed by atoms with Crippen molar-refractivity contribution in [3.63, 3.8) is 0 Å². The van der Waals surface area contributed by atoms with E-state index in [2.05, 4.69) is 10.0 Å². The van der Waals surface area contributed by atoms with Gasteiger partial charge in [-0.15, -0.1) is 0 Å². The second-order valence-electron chi connectivity index (χ2n) is 4.32. The Morgan fingerprint density at radius 1 is 1.52 bits per heavy atom. The summed E-state index contributed by atoms with van der Waals surface area (Å²) < 4.78 is 4.87. The second kappa shape index (κ2) is 8.11. The van der Waals surface area contributed by atoms with E-state index in [4.69, 9.17) is 16.0 Å². The summed E-state index contributed by atoms with van der Waals surface area (Å²) in [7, 11) is 0. The first kappa shape index (κ1) is 16.8. The van der Waals surface area contributed by atoms with E-state index in [9.17, 15) is 15.0 Å². The monoisotopic (exact) mass is 294 g/mol. The molecule has 2 unspecified atom stereocenters. The molecule has 21 heavy (non-hydrogen) atoms. The smallest absolute Gasteiger partial charge is 0.340 e. The number of rotatable bonds is 7. The quantitative estimate of drug-likeness (QED) is 0.230. The van der Waals surface area contributed by atoms with Crippen LogP contribution in [0.15, 0.2) is 23.3 Å². The molecule has 114 valence electrons.